The molecule has 1 aliphatic carbocycles. The molecule has 1 aromatic carbocycles. The standard InChI is InChI=1S/C38H49FN8O3S/c1-3-6-27(45-36(48)16-17-41-24-42-23-40)8-5-7-25(4-2)19-26-9-13-31(44-22-26)35-21-32-37(51-35)34(15-18-43-32)50-33-14-12-29(20-30(33)39)47-38(49)46-28-10-11-28/h9,12-15,18,20-25,27-28,36,45,48H,3-8,10-11,16-17,19H2,1-2H3,(H2,40,41,42)(H2,46,47,49). The van der Waals surface area contributed by atoms with Crippen molar-refractivity contribution in [1.82, 2.24) is 20.6 Å². The average Bonchev–Trinajstić information content (AvgIpc) is 3.82. The molecule has 5 rings (SSSR count). The monoisotopic (exact) mass is 716 g/mol. The van der Waals surface area contributed by atoms with Gasteiger partial charge < -0.3 is 26.2 Å². The molecule has 0 saturated heterocycles. The summed E-state index contributed by atoms with van der Waals surface area (Å²) in [6.07, 6.45) is 15.4. The van der Waals surface area contributed by atoms with E-state index >= 15 is 0 Å². The normalized spacial score (nSPS) is 15.0. The van der Waals surface area contributed by atoms with E-state index in [0.29, 0.717) is 30.3 Å². The zero-order chi connectivity index (χ0) is 36.0. The number of benzene rings is 1. The predicted molar refractivity (Wildman–Crippen MR) is 204 cm³/mol. The van der Waals surface area contributed by atoms with Crippen LogP contribution in [0.15, 0.2) is 64.8 Å². The summed E-state index contributed by atoms with van der Waals surface area (Å²) < 4.78 is 21.8. The third-order valence-electron chi connectivity index (χ3n) is 8.87. The lowest BCUT2D eigenvalue weighted by atomic mass is 9.91. The van der Waals surface area contributed by atoms with Crippen LogP contribution in [0.5, 0.6) is 11.5 Å². The fourth-order valence-electron chi connectivity index (χ4n) is 5.96. The van der Waals surface area contributed by atoms with Crippen LogP contribution in [0.4, 0.5) is 14.9 Å². The van der Waals surface area contributed by atoms with E-state index in [9.17, 15) is 14.3 Å². The zero-order valence-electron chi connectivity index (χ0n) is 29.4. The Hall–Kier alpha value is -4.46. The van der Waals surface area contributed by atoms with Crippen molar-refractivity contribution >= 4 is 45.9 Å². The van der Waals surface area contributed by atoms with Crippen molar-refractivity contribution in [2.45, 2.75) is 96.4 Å². The van der Waals surface area contributed by atoms with Gasteiger partial charge in [0.25, 0.3) is 0 Å². The van der Waals surface area contributed by atoms with E-state index in [0.717, 1.165) is 78.6 Å². The molecule has 0 radical (unpaired) electrons. The number of thiophene rings is 1. The first-order chi connectivity index (χ1) is 24.8. The quantitative estimate of drug-likeness (QED) is 0.0355. The number of urea groups is 1. The lowest BCUT2D eigenvalue weighted by Crippen LogP contribution is -2.38. The highest BCUT2D eigenvalue weighted by Gasteiger charge is 2.23. The summed E-state index contributed by atoms with van der Waals surface area (Å²) in [6.45, 7) is 4.90. The number of aliphatic hydroxyl groups is 1. The number of rotatable bonds is 20. The van der Waals surface area contributed by atoms with Gasteiger partial charge in [-0.05, 0) is 67.9 Å². The number of aliphatic hydroxyl groups excluding tert-OH is 1. The molecule has 3 atom stereocenters. The average molecular weight is 717 g/mol. The summed E-state index contributed by atoms with van der Waals surface area (Å²) in [5.74, 6) is 0.523. The Morgan fingerprint density at radius 1 is 1.12 bits per heavy atom. The number of aliphatic imine (C=N–C) groups is 2. The molecule has 272 valence electrons. The van der Waals surface area contributed by atoms with Crippen LogP contribution in [0, 0.1) is 11.7 Å². The van der Waals surface area contributed by atoms with Crippen molar-refractivity contribution in [2.75, 3.05) is 11.9 Å². The van der Waals surface area contributed by atoms with Crippen molar-refractivity contribution in [3.8, 4) is 22.1 Å². The molecule has 2 amide bonds. The first kappa shape index (κ1) is 37.8. The van der Waals surface area contributed by atoms with E-state index < -0.39 is 12.0 Å². The van der Waals surface area contributed by atoms with Crippen molar-refractivity contribution in [3.63, 3.8) is 0 Å². The summed E-state index contributed by atoms with van der Waals surface area (Å²) in [5, 5.41) is 19.3. The molecular weight excluding hydrogens is 668 g/mol. The number of nitrogens with one attached hydrogen (secondary N) is 3. The Bertz CT molecular complexity index is 1760. The lowest BCUT2D eigenvalue weighted by molar-refractivity contribution is 0.110. The fraction of sp³-hybridized carbons (Fsp3) is 0.447. The Morgan fingerprint density at radius 3 is 2.71 bits per heavy atom. The van der Waals surface area contributed by atoms with Crippen LogP contribution in [-0.2, 0) is 6.42 Å². The van der Waals surface area contributed by atoms with E-state index in [2.05, 4.69) is 50.8 Å². The van der Waals surface area contributed by atoms with Gasteiger partial charge in [-0.2, -0.15) is 0 Å². The van der Waals surface area contributed by atoms with Crippen LogP contribution in [0.3, 0.4) is 0 Å². The van der Waals surface area contributed by atoms with Gasteiger partial charge in [0.1, 0.15) is 18.3 Å². The first-order valence-electron chi connectivity index (χ1n) is 17.9. The highest BCUT2D eigenvalue weighted by molar-refractivity contribution is 7.22. The molecule has 3 aromatic heterocycles. The highest BCUT2D eigenvalue weighted by atomic mass is 32.1. The molecule has 11 nitrogen and oxygen atoms in total. The van der Waals surface area contributed by atoms with Gasteiger partial charge >= 0.3 is 6.03 Å². The van der Waals surface area contributed by atoms with Crippen LogP contribution in [0.2, 0.25) is 0 Å². The maximum absolute atomic E-state index is 15.0. The van der Waals surface area contributed by atoms with Crippen molar-refractivity contribution in [1.29, 1.82) is 0 Å². The number of aromatic nitrogens is 2. The number of hydrogen-bond donors (Lipinski definition) is 5. The number of halogens is 1. The molecule has 4 aromatic rings. The van der Waals surface area contributed by atoms with Crippen molar-refractivity contribution in [3.05, 3.63) is 66.2 Å². The zero-order valence-corrected chi connectivity index (χ0v) is 30.2. The summed E-state index contributed by atoms with van der Waals surface area (Å²) in [6, 6.07) is 12.4. The molecule has 0 bridgehead atoms. The van der Waals surface area contributed by atoms with E-state index in [-0.39, 0.29) is 23.9 Å². The second-order valence-corrected chi connectivity index (χ2v) is 14.0. The van der Waals surface area contributed by atoms with Gasteiger partial charge in [-0.3, -0.25) is 20.3 Å². The smallest absolute Gasteiger partial charge is 0.319 e. The number of nitrogens with zero attached hydrogens (tertiary/aromatic N) is 4. The number of anilines is 1. The molecule has 51 heavy (non-hydrogen) atoms. The minimum absolute atomic E-state index is 0.0595. The van der Waals surface area contributed by atoms with Gasteiger partial charge in [0.05, 0.1) is 27.1 Å². The molecule has 3 heterocycles. The second kappa shape index (κ2) is 19.2. The van der Waals surface area contributed by atoms with Gasteiger partial charge in [-0.25, -0.2) is 14.2 Å². The number of fused-ring (bicyclic) bond motifs is 1. The molecular formula is C38H49FN8O3S. The van der Waals surface area contributed by atoms with Gasteiger partial charge in [0, 0.05) is 55.3 Å². The highest BCUT2D eigenvalue weighted by Crippen LogP contribution is 2.39. The molecule has 1 aliphatic rings. The number of hydrogen-bond acceptors (Lipinski definition) is 8. The first-order valence-corrected chi connectivity index (χ1v) is 18.7. The third kappa shape index (κ3) is 11.8. The Morgan fingerprint density at radius 2 is 1.98 bits per heavy atom. The largest absolute Gasteiger partial charge is 0.453 e. The topological polar surface area (TPSA) is 159 Å². The van der Waals surface area contributed by atoms with Crippen LogP contribution < -0.4 is 26.4 Å². The number of nitrogens with two attached hydrogens (primary N) is 1. The summed E-state index contributed by atoms with van der Waals surface area (Å²) in [5.41, 5.74) is 8.35. The van der Waals surface area contributed by atoms with E-state index in [1.807, 2.05) is 18.3 Å². The summed E-state index contributed by atoms with van der Waals surface area (Å²) >= 11 is 1.50. The van der Waals surface area contributed by atoms with Gasteiger partial charge in [-0.15, -0.1) is 11.3 Å². The Balaban J connectivity index is 1.14. The van der Waals surface area contributed by atoms with Crippen LogP contribution >= 0.6 is 11.3 Å². The number of pyridine rings is 2. The van der Waals surface area contributed by atoms with Gasteiger partial charge in [0.2, 0.25) is 0 Å². The summed E-state index contributed by atoms with van der Waals surface area (Å²) in [4.78, 5) is 30.2. The predicted octanol–water partition coefficient (Wildman–Crippen LogP) is 7.79. The molecule has 3 unspecified atom stereocenters. The number of amides is 2. The van der Waals surface area contributed by atoms with Crippen LogP contribution in [0.1, 0.15) is 77.2 Å². The summed E-state index contributed by atoms with van der Waals surface area (Å²) in [7, 11) is 0. The van der Waals surface area contributed by atoms with E-state index in [4.69, 9.17) is 15.5 Å². The van der Waals surface area contributed by atoms with Crippen LogP contribution in [-0.4, -0.2) is 58.6 Å². The SMILES string of the molecule is CCCC(CCCC(CC)Cc1ccc(-c2cc3nccc(Oc4ccc(NC(=O)NC5CC5)cc4F)c3s2)nc1)NC(O)CCN=CN=CN. The lowest BCUT2D eigenvalue weighted by Gasteiger charge is -2.23. The number of carbonyl (C=O) groups excluding carboxylic acids is 1. The minimum atomic E-state index is -0.598. The van der Waals surface area contributed by atoms with Crippen molar-refractivity contribution < 1.29 is 19.0 Å². The maximum atomic E-state index is 15.0. The molecule has 6 N–H and O–H groups in total. The molecule has 1 fully saturated rings. The number of ether oxygens (including phenoxy) is 1. The molecule has 0 spiro atoms. The Kier molecular flexibility index (Phi) is 14.2. The van der Waals surface area contributed by atoms with Crippen molar-refractivity contribution in [2.24, 2.45) is 21.6 Å². The van der Waals surface area contributed by atoms with E-state index in [1.54, 1.807) is 18.3 Å². The molecule has 0 aliphatic heterocycles. The van der Waals surface area contributed by atoms with Gasteiger partial charge in [0.15, 0.2) is 11.6 Å². The minimum Gasteiger partial charge on any atom is -0.453 e. The van der Waals surface area contributed by atoms with Crippen LogP contribution in [0.25, 0.3) is 20.8 Å². The van der Waals surface area contributed by atoms with E-state index in [1.165, 1.54) is 41.7 Å². The maximum Gasteiger partial charge on any atom is 0.319 e. The Labute approximate surface area is 303 Å². The second-order valence-electron chi connectivity index (χ2n) is 13.0. The molecule has 1 saturated carbocycles. The third-order valence-corrected chi connectivity index (χ3v) is 10.0. The van der Waals surface area contributed by atoms with Gasteiger partial charge in [-0.1, -0.05) is 45.6 Å². The fourth-order valence-corrected chi connectivity index (χ4v) is 7.01. The molecule has 13 heteroatoms. The number of carbonyl (C=O) groups is 1.